The summed E-state index contributed by atoms with van der Waals surface area (Å²) in [6.45, 7) is 3.95. The van der Waals surface area contributed by atoms with Crippen LogP contribution in [0.25, 0.3) is 10.6 Å². The molecular formula is C22H22N2O4S. The second-order valence-corrected chi connectivity index (χ2v) is 7.63. The Morgan fingerprint density at radius 2 is 1.79 bits per heavy atom. The summed E-state index contributed by atoms with van der Waals surface area (Å²) in [4.78, 5) is 27.5. The Kier molecular flexibility index (Phi) is 6.61. The highest BCUT2D eigenvalue weighted by atomic mass is 32.1. The van der Waals surface area contributed by atoms with Crippen molar-refractivity contribution in [1.82, 2.24) is 4.98 Å². The number of aromatic nitrogens is 1. The highest BCUT2D eigenvalue weighted by molar-refractivity contribution is 7.13. The highest BCUT2D eigenvalue weighted by Gasteiger charge is 2.12. The quantitative estimate of drug-likeness (QED) is 0.553. The summed E-state index contributed by atoms with van der Waals surface area (Å²) in [6, 6.07) is 14.8. The molecule has 0 radical (unpaired) electrons. The summed E-state index contributed by atoms with van der Waals surface area (Å²) in [5, 5.41) is 14.0. The number of carboxylic acids is 1. The molecule has 1 aromatic heterocycles. The number of anilines is 1. The lowest BCUT2D eigenvalue weighted by Gasteiger charge is -2.09. The molecule has 0 saturated heterocycles. The van der Waals surface area contributed by atoms with E-state index in [0.717, 1.165) is 21.9 Å². The molecule has 150 valence electrons. The fourth-order valence-corrected chi connectivity index (χ4v) is 3.47. The molecule has 6 nitrogen and oxygen atoms in total. The van der Waals surface area contributed by atoms with Gasteiger partial charge in [-0.1, -0.05) is 12.1 Å². The van der Waals surface area contributed by atoms with E-state index in [1.807, 2.05) is 50.2 Å². The molecule has 3 aromatic rings. The van der Waals surface area contributed by atoms with Crippen LogP contribution in [0.3, 0.4) is 0 Å². The molecule has 0 bridgehead atoms. The first-order valence-electron chi connectivity index (χ1n) is 9.25. The van der Waals surface area contributed by atoms with Gasteiger partial charge in [0.1, 0.15) is 16.5 Å². The monoisotopic (exact) mass is 410 g/mol. The summed E-state index contributed by atoms with van der Waals surface area (Å²) < 4.78 is 5.64. The Balaban J connectivity index is 1.62. The number of nitrogens with zero attached hydrogens (tertiary/aromatic N) is 1. The zero-order valence-electron chi connectivity index (χ0n) is 16.2. The predicted molar refractivity (Wildman–Crippen MR) is 114 cm³/mol. The number of aliphatic carboxylic acids is 1. The van der Waals surface area contributed by atoms with Gasteiger partial charge in [-0.15, -0.1) is 11.3 Å². The maximum atomic E-state index is 12.5. The van der Waals surface area contributed by atoms with E-state index in [1.165, 1.54) is 11.3 Å². The van der Waals surface area contributed by atoms with Crippen molar-refractivity contribution >= 4 is 28.9 Å². The number of nitrogens with one attached hydrogen (secondary N) is 1. The maximum absolute atomic E-state index is 12.5. The zero-order valence-corrected chi connectivity index (χ0v) is 17.0. The van der Waals surface area contributed by atoms with Crippen molar-refractivity contribution in [3.63, 3.8) is 0 Å². The number of rotatable bonds is 8. The summed E-state index contributed by atoms with van der Waals surface area (Å²) in [5.74, 6) is -0.320. The predicted octanol–water partition coefficient (Wildman–Crippen LogP) is 4.87. The van der Waals surface area contributed by atoms with E-state index in [0.29, 0.717) is 17.8 Å². The van der Waals surface area contributed by atoms with Crippen molar-refractivity contribution in [2.45, 2.75) is 32.8 Å². The first-order valence-corrected chi connectivity index (χ1v) is 10.1. The molecule has 1 heterocycles. The first kappa shape index (κ1) is 20.5. The van der Waals surface area contributed by atoms with Crippen molar-refractivity contribution in [2.24, 2.45) is 0 Å². The third-order valence-corrected chi connectivity index (χ3v) is 4.94. The molecule has 2 aromatic carbocycles. The molecule has 29 heavy (non-hydrogen) atoms. The summed E-state index contributed by atoms with van der Waals surface area (Å²) in [6.07, 6.45) is 0.653. The largest absolute Gasteiger partial charge is 0.491 e. The maximum Gasteiger partial charge on any atom is 0.303 e. The molecule has 0 unspecified atom stereocenters. The summed E-state index contributed by atoms with van der Waals surface area (Å²) in [7, 11) is 0. The minimum absolute atomic E-state index is 0.0812. The number of aryl methyl sites for hydroxylation is 1. The number of carboxylic acid groups (broad SMARTS) is 1. The SMILES string of the molecule is CC(C)Oc1ccc(-c2nc(C(=O)Nc3ccc(CCC(=O)O)cc3)cs2)cc1. The molecule has 3 rings (SSSR count). The van der Waals surface area contributed by atoms with Crippen LogP contribution in [0.5, 0.6) is 5.75 Å². The Bertz CT molecular complexity index is 979. The van der Waals surface area contributed by atoms with Crippen LogP contribution in [0.2, 0.25) is 0 Å². The molecule has 0 aliphatic rings. The summed E-state index contributed by atoms with van der Waals surface area (Å²) in [5.41, 5.74) is 2.82. The van der Waals surface area contributed by atoms with Crippen LogP contribution < -0.4 is 10.1 Å². The minimum atomic E-state index is -0.830. The van der Waals surface area contributed by atoms with Crippen molar-refractivity contribution < 1.29 is 19.4 Å². The van der Waals surface area contributed by atoms with Crippen LogP contribution in [0, 0.1) is 0 Å². The molecule has 0 aliphatic carbocycles. The van der Waals surface area contributed by atoms with Gasteiger partial charge in [-0.05, 0) is 62.2 Å². The van der Waals surface area contributed by atoms with Crippen LogP contribution in [0.15, 0.2) is 53.9 Å². The number of amides is 1. The number of carbonyl (C=O) groups is 2. The lowest BCUT2D eigenvalue weighted by atomic mass is 10.1. The van der Waals surface area contributed by atoms with E-state index in [1.54, 1.807) is 17.5 Å². The van der Waals surface area contributed by atoms with E-state index >= 15 is 0 Å². The van der Waals surface area contributed by atoms with Gasteiger partial charge in [0.25, 0.3) is 5.91 Å². The lowest BCUT2D eigenvalue weighted by Crippen LogP contribution is -2.12. The second kappa shape index (κ2) is 9.34. The van der Waals surface area contributed by atoms with Crippen molar-refractivity contribution in [1.29, 1.82) is 0 Å². The number of carbonyl (C=O) groups excluding carboxylic acids is 1. The third-order valence-electron chi connectivity index (χ3n) is 4.05. The van der Waals surface area contributed by atoms with Gasteiger partial charge in [-0.2, -0.15) is 0 Å². The number of ether oxygens (including phenoxy) is 1. The fourth-order valence-electron chi connectivity index (χ4n) is 2.66. The van der Waals surface area contributed by atoms with Crippen LogP contribution in [0.1, 0.15) is 36.3 Å². The van der Waals surface area contributed by atoms with Crippen LogP contribution in [0.4, 0.5) is 5.69 Å². The van der Waals surface area contributed by atoms with E-state index in [9.17, 15) is 9.59 Å². The zero-order chi connectivity index (χ0) is 20.8. The molecule has 0 spiro atoms. The third kappa shape index (κ3) is 5.89. The number of benzene rings is 2. The average molecular weight is 410 g/mol. The highest BCUT2D eigenvalue weighted by Crippen LogP contribution is 2.26. The van der Waals surface area contributed by atoms with E-state index in [-0.39, 0.29) is 18.4 Å². The van der Waals surface area contributed by atoms with E-state index in [2.05, 4.69) is 10.3 Å². The van der Waals surface area contributed by atoms with Crippen molar-refractivity contribution in [3.05, 3.63) is 65.2 Å². The fraction of sp³-hybridized carbons (Fsp3) is 0.227. The Labute approximate surface area is 173 Å². The Morgan fingerprint density at radius 1 is 1.10 bits per heavy atom. The topological polar surface area (TPSA) is 88.5 Å². The smallest absolute Gasteiger partial charge is 0.303 e. The molecule has 1 amide bonds. The number of hydrogen-bond acceptors (Lipinski definition) is 5. The molecule has 0 aliphatic heterocycles. The van der Waals surface area contributed by atoms with Crippen molar-refractivity contribution in [2.75, 3.05) is 5.32 Å². The molecule has 0 atom stereocenters. The van der Waals surface area contributed by atoms with Gasteiger partial charge < -0.3 is 15.2 Å². The molecule has 0 saturated carbocycles. The van der Waals surface area contributed by atoms with Crippen molar-refractivity contribution in [3.8, 4) is 16.3 Å². The number of thiazole rings is 1. The molecular weight excluding hydrogens is 388 g/mol. The lowest BCUT2D eigenvalue weighted by molar-refractivity contribution is -0.136. The number of hydrogen-bond donors (Lipinski definition) is 2. The van der Waals surface area contributed by atoms with Gasteiger partial charge in [-0.25, -0.2) is 4.98 Å². The van der Waals surface area contributed by atoms with E-state index < -0.39 is 5.97 Å². The van der Waals surface area contributed by atoms with E-state index in [4.69, 9.17) is 9.84 Å². The van der Waals surface area contributed by atoms with Crippen LogP contribution >= 0.6 is 11.3 Å². The van der Waals surface area contributed by atoms with Gasteiger partial charge in [0, 0.05) is 23.1 Å². The normalized spacial score (nSPS) is 10.7. The van der Waals surface area contributed by atoms with Gasteiger partial charge in [0.2, 0.25) is 0 Å². The Hall–Kier alpha value is -3.19. The average Bonchev–Trinajstić information content (AvgIpc) is 3.18. The minimum Gasteiger partial charge on any atom is -0.491 e. The van der Waals surface area contributed by atoms with Gasteiger partial charge in [0.05, 0.1) is 6.10 Å². The molecule has 2 N–H and O–H groups in total. The molecule has 7 heteroatoms. The standard InChI is InChI=1S/C22H22N2O4S/c1-14(2)28-18-10-6-16(7-11-18)22-24-19(13-29-22)21(27)23-17-8-3-15(4-9-17)5-12-20(25)26/h3-4,6-11,13-14H,5,12H2,1-2H3,(H,23,27)(H,25,26). The van der Waals surface area contributed by atoms with Gasteiger partial charge >= 0.3 is 5.97 Å². The van der Waals surface area contributed by atoms with Gasteiger partial charge in [-0.3, -0.25) is 9.59 Å². The van der Waals surface area contributed by atoms with Gasteiger partial charge in [0.15, 0.2) is 0 Å². The first-order chi connectivity index (χ1) is 13.9. The molecule has 0 fully saturated rings. The van der Waals surface area contributed by atoms with Crippen LogP contribution in [-0.4, -0.2) is 28.1 Å². The Morgan fingerprint density at radius 3 is 2.41 bits per heavy atom. The van der Waals surface area contributed by atoms with Crippen LogP contribution in [-0.2, 0) is 11.2 Å². The second-order valence-electron chi connectivity index (χ2n) is 6.77. The summed E-state index contributed by atoms with van der Waals surface area (Å²) >= 11 is 1.40.